The summed E-state index contributed by atoms with van der Waals surface area (Å²) in [7, 11) is 0. The van der Waals surface area contributed by atoms with Gasteiger partial charge in [-0.05, 0) is 19.3 Å². The monoisotopic (exact) mass is 316 g/mol. The number of likely N-dealkylation sites (tertiary alicyclic amines) is 1. The molecule has 0 bridgehead atoms. The Labute approximate surface area is 136 Å². The van der Waals surface area contributed by atoms with Gasteiger partial charge < -0.3 is 9.80 Å². The van der Waals surface area contributed by atoms with Crippen LogP contribution in [0.3, 0.4) is 0 Å². The molecule has 1 saturated heterocycles. The first-order valence-electron chi connectivity index (χ1n) is 8.49. The van der Waals surface area contributed by atoms with Crippen LogP contribution in [0.15, 0.2) is 6.20 Å². The van der Waals surface area contributed by atoms with Crippen LogP contribution in [0.25, 0.3) is 0 Å². The lowest BCUT2D eigenvalue weighted by Gasteiger charge is -2.35. The van der Waals surface area contributed by atoms with E-state index >= 15 is 0 Å². The molecule has 6 heteroatoms. The van der Waals surface area contributed by atoms with E-state index in [1.54, 1.807) is 6.92 Å². The van der Waals surface area contributed by atoms with Crippen LogP contribution >= 0.6 is 0 Å². The second-order valence-corrected chi connectivity index (χ2v) is 6.34. The van der Waals surface area contributed by atoms with Gasteiger partial charge in [-0.3, -0.25) is 9.59 Å². The molecule has 23 heavy (non-hydrogen) atoms. The van der Waals surface area contributed by atoms with E-state index in [1.165, 1.54) is 0 Å². The van der Waals surface area contributed by atoms with Crippen molar-refractivity contribution in [2.24, 2.45) is 0 Å². The second-order valence-electron chi connectivity index (χ2n) is 6.34. The molecule has 1 aromatic rings. The largest absolute Gasteiger partial charge is 0.338 e. The number of aromatic nitrogens is 2. The van der Waals surface area contributed by atoms with Crippen molar-refractivity contribution in [3.8, 4) is 0 Å². The third-order valence-electron chi connectivity index (χ3n) is 4.81. The van der Waals surface area contributed by atoms with Crippen LogP contribution in [-0.2, 0) is 22.6 Å². The summed E-state index contributed by atoms with van der Waals surface area (Å²) < 4.78 is 0. The molecule has 3 rings (SSSR count). The van der Waals surface area contributed by atoms with Crippen LogP contribution in [0, 0.1) is 0 Å². The van der Waals surface area contributed by atoms with E-state index in [0.717, 1.165) is 55.9 Å². The maximum Gasteiger partial charge on any atom is 0.222 e. The Balaban J connectivity index is 1.81. The Morgan fingerprint density at radius 1 is 1.30 bits per heavy atom. The maximum atomic E-state index is 11.8. The maximum absolute atomic E-state index is 11.8. The smallest absolute Gasteiger partial charge is 0.222 e. The number of piperidine rings is 1. The van der Waals surface area contributed by atoms with Gasteiger partial charge >= 0.3 is 0 Å². The number of nitrogens with zero attached hydrogens (tertiary/aromatic N) is 4. The van der Waals surface area contributed by atoms with E-state index in [2.05, 4.69) is 4.98 Å². The lowest BCUT2D eigenvalue weighted by Crippen LogP contribution is -2.39. The minimum atomic E-state index is 0.00172. The van der Waals surface area contributed by atoms with Crippen molar-refractivity contribution >= 4 is 11.8 Å². The molecular formula is C17H24N4O2. The van der Waals surface area contributed by atoms with Crippen LogP contribution in [0.5, 0.6) is 0 Å². The lowest BCUT2D eigenvalue weighted by atomic mass is 10.0. The van der Waals surface area contributed by atoms with Crippen molar-refractivity contribution in [2.75, 3.05) is 13.1 Å². The highest BCUT2D eigenvalue weighted by Crippen LogP contribution is 2.29. The van der Waals surface area contributed by atoms with Gasteiger partial charge in [0, 0.05) is 51.2 Å². The zero-order chi connectivity index (χ0) is 16.4. The number of fused-ring (bicyclic) bond motifs is 1. The van der Waals surface area contributed by atoms with Gasteiger partial charge in [-0.1, -0.05) is 6.92 Å². The molecule has 0 radical (unpaired) electrons. The van der Waals surface area contributed by atoms with Gasteiger partial charge in [-0.25, -0.2) is 9.97 Å². The summed E-state index contributed by atoms with van der Waals surface area (Å²) in [6.07, 6.45) is 6.23. The number of rotatable bonds is 2. The first kappa shape index (κ1) is 15.9. The van der Waals surface area contributed by atoms with Crippen molar-refractivity contribution < 1.29 is 9.59 Å². The Morgan fingerprint density at radius 2 is 2.13 bits per heavy atom. The zero-order valence-electron chi connectivity index (χ0n) is 13.9. The summed E-state index contributed by atoms with van der Waals surface area (Å²) in [5.41, 5.74) is 2.07. The average molecular weight is 316 g/mol. The third kappa shape index (κ3) is 3.21. The van der Waals surface area contributed by atoms with Crippen molar-refractivity contribution in [2.45, 2.75) is 58.5 Å². The first-order valence-corrected chi connectivity index (χ1v) is 8.49. The molecule has 1 aromatic heterocycles. The molecule has 2 amide bonds. The Kier molecular flexibility index (Phi) is 4.59. The molecule has 0 unspecified atom stereocenters. The van der Waals surface area contributed by atoms with Crippen LogP contribution in [-0.4, -0.2) is 44.7 Å². The minimum absolute atomic E-state index is 0.00172. The normalized spacial score (nSPS) is 21.0. The molecule has 2 aliphatic heterocycles. The Hall–Kier alpha value is -1.98. The summed E-state index contributed by atoms with van der Waals surface area (Å²) in [5, 5.41) is 0. The number of carbonyl (C=O) groups is 2. The molecule has 124 valence electrons. The third-order valence-corrected chi connectivity index (χ3v) is 4.81. The Morgan fingerprint density at radius 3 is 2.87 bits per heavy atom. The molecule has 0 aliphatic carbocycles. The molecule has 0 spiro atoms. The number of hydrogen-bond acceptors (Lipinski definition) is 4. The fraction of sp³-hybridized carbons (Fsp3) is 0.647. The summed E-state index contributed by atoms with van der Waals surface area (Å²) in [4.78, 5) is 36.7. The number of hydrogen-bond donors (Lipinski definition) is 0. The molecule has 6 nitrogen and oxygen atoms in total. The summed E-state index contributed by atoms with van der Waals surface area (Å²) in [6, 6.07) is 0.00172. The van der Waals surface area contributed by atoms with Gasteiger partial charge in [-0.15, -0.1) is 0 Å². The molecule has 2 aliphatic rings. The minimum Gasteiger partial charge on any atom is -0.338 e. The van der Waals surface area contributed by atoms with E-state index in [-0.39, 0.29) is 17.9 Å². The SMILES string of the molecule is CCC(=O)N1CCc2nc([C@H]3CCCCN3C(C)=O)ncc2C1. The van der Waals surface area contributed by atoms with Gasteiger partial charge in [0.25, 0.3) is 0 Å². The van der Waals surface area contributed by atoms with Crippen LogP contribution in [0.1, 0.15) is 62.7 Å². The molecular weight excluding hydrogens is 292 g/mol. The molecule has 3 heterocycles. The molecule has 1 fully saturated rings. The Bertz CT molecular complexity index is 617. The van der Waals surface area contributed by atoms with Gasteiger partial charge in [0.2, 0.25) is 11.8 Å². The van der Waals surface area contributed by atoms with E-state index in [4.69, 9.17) is 4.98 Å². The molecule has 1 atom stereocenters. The highest BCUT2D eigenvalue weighted by molar-refractivity contribution is 5.76. The van der Waals surface area contributed by atoms with Crippen molar-refractivity contribution in [1.29, 1.82) is 0 Å². The average Bonchev–Trinajstić information content (AvgIpc) is 2.60. The quantitative estimate of drug-likeness (QED) is 0.835. The summed E-state index contributed by atoms with van der Waals surface area (Å²) in [5.74, 6) is 1.03. The first-order chi connectivity index (χ1) is 11.1. The number of carbonyl (C=O) groups excluding carboxylic acids is 2. The van der Waals surface area contributed by atoms with Crippen molar-refractivity contribution in [3.63, 3.8) is 0 Å². The van der Waals surface area contributed by atoms with Crippen molar-refractivity contribution in [3.05, 3.63) is 23.3 Å². The topological polar surface area (TPSA) is 66.4 Å². The van der Waals surface area contributed by atoms with Crippen molar-refractivity contribution in [1.82, 2.24) is 19.8 Å². The highest BCUT2D eigenvalue weighted by atomic mass is 16.2. The van der Waals surface area contributed by atoms with E-state index in [1.807, 2.05) is 22.9 Å². The van der Waals surface area contributed by atoms with Gasteiger partial charge in [0.05, 0.1) is 11.7 Å². The van der Waals surface area contributed by atoms with E-state index < -0.39 is 0 Å². The number of amides is 2. The summed E-state index contributed by atoms with van der Waals surface area (Å²) in [6.45, 7) is 5.61. The van der Waals surface area contributed by atoms with Gasteiger partial charge in [-0.2, -0.15) is 0 Å². The fourth-order valence-corrected chi connectivity index (χ4v) is 3.51. The molecule has 0 N–H and O–H groups in total. The van der Waals surface area contributed by atoms with Crippen LogP contribution in [0.4, 0.5) is 0 Å². The summed E-state index contributed by atoms with van der Waals surface area (Å²) >= 11 is 0. The van der Waals surface area contributed by atoms with Crippen LogP contribution < -0.4 is 0 Å². The predicted molar refractivity (Wildman–Crippen MR) is 85.4 cm³/mol. The highest BCUT2D eigenvalue weighted by Gasteiger charge is 2.29. The van der Waals surface area contributed by atoms with Gasteiger partial charge in [0.15, 0.2) is 5.82 Å². The van der Waals surface area contributed by atoms with E-state index in [9.17, 15) is 9.59 Å². The second kappa shape index (κ2) is 6.64. The standard InChI is InChI=1S/C17H24N4O2/c1-3-16(23)20-9-7-14-13(11-20)10-18-17(19-14)15-6-4-5-8-21(15)12(2)22/h10,15H,3-9,11H2,1-2H3/t15-/m1/s1. The van der Waals surface area contributed by atoms with Gasteiger partial charge in [0.1, 0.15) is 0 Å². The van der Waals surface area contributed by atoms with E-state index in [0.29, 0.717) is 13.0 Å². The fourth-order valence-electron chi connectivity index (χ4n) is 3.51. The molecule has 0 aromatic carbocycles. The molecule has 0 saturated carbocycles. The zero-order valence-corrected chi connectivity index (χ0v) is 13.9. The predicted octanol–water partition coefficient (Wildman–Crippen LogP) is 1.84. The van der Waals surface area contributed by atoms with Crippen LogP contribution in [0.2, 0.25) is 0 Å². The lowest BCUT2D eigenvalue weighted by molar-refractivity contribution is -0.133.